The summed E-state index contributed by atoms with van der Waals surface area (Å²) < 4.78 is 11.4. The van der Waals surface area contributed by atoms with Gasteiger partial charge in [0, 0.05) is 12.3 Å². The van der Waals surface area contributed by atoms with Crippen LogP contribution in [0.15, 0.2) is 24.3 Å². The van der Waals surface area contributed by atoms with E-state index in [-0.39, 0.29) is 12.1 Å². The summed E-state index contributed by atoms with van der Waals surface area (Å²) in [5.74, 6) is 1.86. The Morgan fingerprint density at radius 3 is 2.62 bits per heavy atom. The summed E-state index contributed by atoms with van der Waals surface area (Å²) in [5, 5.41) is 0. The van der Waals surface area contributed by atoms with E-state index in [2.05, 4.69) is 19.1 Å². The molecule has 0 saturated heterocycles. The monoisotopic (exact) mass is 350 g/mol. The van der Waals surface area contributed by atoms with Crippen molar-refractivity contribution in [2.45, 2.75) is 70.3 Å². The highest BCUT2D eigenvalue weighted by Gasteiger charge is 2.29. The van der Waals surface area contributed by atoms with Crippen molar-refractivity contribution in [1.29, 1.82) is 0 Å². The highest BCUT2D eigenvalue weighted by atomic mass is 32.2. The van der Waals surface area contributed by atoms with Crippen molar-refractivity contribution in [2.24, 2.45) is 0 Å². The Labute approximate surface area is 150 Å². The highest BCUT2D eigenvalue weighted by Crippen LogP contribution is 2.36. The van der Waals surface area contributed by atoms with Crippen molar-refractivity contribution in [3.8, 4) is 5.75 Å². The molecule has 0 aromatic heterocycles. The van der Waals surface area contributed by atoms with Crippen molar-refractivity contribution >= 4 is 17.7 Å². The number of ether oxygens (including phenoxy) is 2. The smallest absolute Gasteiger partial charge is 0.306 e. The largest absolute Gasteiger partial charge is 0.483 e. The zero-order valence-electron chi connectivity index (χ0n) is 15.0. The first kappa shape index (κ1) is 19.2. The van der Waals surface area contributed by atoms with Gasteiger partial charge < -0.3 is 9.47 Å². The van der Waals surface area contributed by atoms with Gasteiger partial charge in [-0.15, -0.1) is 11.8 Å². The number of hydrogen-bond donors (Lipinski definition) is 0. The molecule has 1 aliphatic rings. The quantitative estimate of drug-likeness (QED) is 0.333. The number of carbonyl (C=O) groups is 1. The Balaban J connectivity index is 1.94. The van der Waals surface area contributed by atoms with Crippen LogP contribution in [0.2, 0.25) is 0 Å². The number of thioether (sulfide) groups is 1. The third-order valence-corrected chi connectivity index (χ3v) is 4.98. The summed E-state index contributed by atoms with van der Waals surface area (Å²) in [4.78, 5) is 12.1. The fourth-order valence-electron chi connectivity index (χ4n) is 3.30. The maximum Gasteiger partial charge on any atom is 0.306 e. The Bertz CT molecular complexity index is 486. The normalized spacial score (nSPS) is 20.6. The molecule has 0 amide bonds. The molecule has 1 aromatic carbocycles. The van der Waals surface area contributed by atoms with E-state index < -0.39 is 0 Å². The van der Waals surface area contributed by atoms with Crippen LogP contribution in [0.3, 0.4) is 0 Å². The molecule has 1 fully saturated rings. The highest BCUT2D eigenvalue weighted by molar-refractivity contribution is 7.98. The van der Waals surface area contributed by atoms with Crippen LogP contribution in [-0.2, 0) is 9.53 Å². The molecule has 0 unspecified atom stereocenters. The van der Waals surface area contributed by atoms with Crippen molar-refractivity contribution in [3.05, 3.63) is 29.8 Å². The Kier molecular flexibility index (Phi) is 8.51. The molecule has 134 valence electrons. The summed E-state index contributed by atoms with van der Waals surface area (Å²) in [5.41, 5.74) is 1.26. The van der Waals surface area contributed by atoms with Crippen molar-refractivity contribution in [2.75, 3.05) is 12.2 Å². The second-order valence-corrected chi connectivity index (χ2v) is 7.31. The topological polar surface area (TPSA) is 35.5 Å². The number of benzene rings is 1. The number of esters is 1. The lowest BCUT2D eigenvalue weighted by Gasteiger charge is -2.31. The molecule has 1 aromatic rings. The van der Waals surface area contributed by atoms with Crippen LogP contribution in [-0.4, -0.2) is 24.3 Å². The molecular weight excluding hydrogens is 320 g/mol. The maximum atomic E-state index is 12.1. The third kappa shape index (κ3) is 6.04. The average Bonchev–Trinajstić information content (AvgIpc) is 2.61. The minimum absolute atomic E-state index is 0.0275. The Morgan fingerprint density at radius 1 is 1.17 bits per heavy atom. The first-order valence-electron chi connectivity index (χ1n) is 9.15. The fraction of sp³-hybridized carbons (Fsp3) is 0.650. The van der Waals surface area contributed by atoms with Gasteiger partial charge in [-0.25, -0.2) is 0 Å². The SMILES string of the molecule is CCCCCC(=O)O[C@@H]1CCCC[C@H]1c1ccc(OCSC)cc1. The van der Waals surface area contributed by atoms with E-state index >= 15 is 0 Å². The van der Waals surface area contributed by atoms with Crippen molar-refractivity contribution in [1.82, 2.24) is 0 Å². The van der Waals surface area contributed by atoms with E-state index in [4.69, 9.17) is 9.47 Å². The number of carbonyl (C=O) groups excluding carboxylic acids is 1. The van der Waals surface area contributed by atoms with E-state index in [1.807, 2.05) is 18.4 Å². The summed E-state index contributed by atoms with van der Waals surface area (Å²) in [7, 11) is 0. The van der Waals surface area contributed by atoms with Gasteiger partial charge in [-0.3, -0.25) is 4.79 Å². The van der Waals surface area contributed by atoms with Gasteiger partial charge in [0.2, 0.25) is 0 Å². The van der Waals surface area contributed by atoms with E-state index in [1.165, 1.54) is 12.0 Å². The summed E-state index contributed by atoms with van der Waals surface area (Å²) >= 11 is 1.66. The molecule has 0 spiro atoms. The van der Waals surface area contributed by atoms with E-state index in [1.54, 1.807) is 11.8 Å². The average molecular weight is 351 g/mol. The third-order valence-electron chi connectivity index (χ3n) is 4.62. The fourth-order valence-corrected chi connectivity index (χ4v) is 3.56. The van der Waals surface area contributed by atoms with Crippen molar-refractivity contribution < 1.29 is 14.3 Å². The van der Waals surface area contributed by atoms with Gasteiger partial charge in [0.25, 0.3) is 0 Å². The second kappa shape index (κ2) is 10.7. The molecule has 2 atom stereocenters. The van der Waals surface area contributed by atoms with Crippen LogP contribution in [0, 0.1) is 0 Å². The molecule has 1 saturated carbocycles. The van der Waals surface area contributed by atoms with Crippen LogP contribution < -0.4 is 4.74 Å². The lowest BCUT2D eigenvalue weighted by atomic mass is 9.81. The lowest BCUT2D eigenvalue weighted by Crippen LogP contribution is -2.28. The second-order valence-electron chi connectivity index (χ2n) is 6.50. The predicted octanol–water partition coefficient (Wildman–Crippen LogP) is 5.54. The van der Waals surface area contributed by atoms with Crippen LogP contribution in [0.5, 0.6) is 5.75 Å². The van der Waals surface area contributed by atoms with Gasteiger partial charge in [-0.1, -0.05) is 38.3 Å². The molecule has 0 radical (unpaired) electrons. The first-order valence-corrected chi connectivity index (χ1v) is 10.5. The van der Waals surface area contributed by atoms with E-state index in [9.17, 15) is 4.79 Å². The maximum absolute atomic E-state index is 12.1. The van der Waals surface area contributed by atoms with Crippen LogP contribution in [0.1, 0.15) is 69.8 Å². The molecule has 2 rings (SSSR count). The van der Waals surface area contributed by atoms with E-state index in [0.717, 1.165) is 44.3 Å². The molecule has 24 heavy (non-hydrogen) atoms. The summed E-state index contributed by atoms with van der Waals surface area (Å²) in [6.45, 7) is 2.15. The van der Waals surface area contributed by atoms with Crippen molar-refractivity contribution in [3.63, 3.8) is 0 Å². The summed E-state index contributed by atoms with van der Waals surface area (Å²) in [6.07, 6.45) is 10.2. The number of rotatable bonds is 9. The first-order chi connectivity index (χ1) is 11.7. The van der Waals surface area contributed by atoms with Crippen LogP contribution in [0.4, 0.5) is 0 Å². The lowest BCUT2D eigenvalue weighted by molar-refractivity contribution is -0.151. The zero-order valence-corrected chi connectivity index (χ0v) is 15.8. The van der Waals surface area contributed by atoms with Gasteiger partial charge >= 0.3 is 5.97 Å². The van der Waals surface area contributed by atoms with Gasteiger partial charge in [0.15, 0.2) is 0 Å². The van der Waals surface area contributed by atoms with Gasteiger partial charge in [-0.05, 0) is 49.6 Å². The molecular formula is C20H30O3S. The Morgan fingerprint density at radius 2 is 1.92 bits per heavy atom. The molecule has 4 heteroatoms. The molecule has 0 N–H and O–H groups in total. The van der Waals surface area contributed by atoms with Crippen LogP contribution in [0.25, 0.3) is 0 Å². The minimum Gasteiger partial charge on any atom is -0.483 e. The van der Waals surface area contributed by atoms with Gasteiger partial charge in [-0.2, -0.15) is 0 Å². The minimum atomic E-state index is -0.0275. The van der Waals surface area contributed by atoms with Gasteiger partial charge in [0.05, 0.1) is 0 Å². The molecule has 3 nitrogen and oxygen atoms in total. The molecule has 0 aliphatic heterocycles. The molecule has 0 heterocycles. The predicted molar refractivity (Wildman–Crippen MR) is 101 cm³/mol. The van der Waals surface area contributed by atoms with Crippen LogP contribution >= 0.6 is 11.8 Å². The molecule has 0 bridgehead atoms. The van der Waals surface area contributed by atoms with E-state index in [0.29, 0.717) is 18.3 Å². The standard InChI is InChI=1S/C20H30O3S/c1-3-4-5-10-20(21)23-19-9-7-6-8-18(19)16-11-13-17(14-12-16)22-15-24-2/h11-14,18-19H,3-10,15H2,1-2H3/t18-,19+/m0/s1. The zero-order chi connectivity index (χ0) is 17.2. The summed E-state index contributed by atoms with van der Waals surface area (Å²) in [6, 6.07) is 8.31. The Hall–Kier alpha value is -1.16. The van der Waals surface area contributed by atoms with Gasteiger partial charge in [0.1, 0.15) is 17.8 Å². The molecule has 1 aliphatic carbocycles. The number of hydrogen-bond acceptors (Lipinski definition) is 4. The number of unbranched alkanes of at least 4 members (excludes halogenated alkanes) is 2.